The Bertz CT molecular complexity index is 1360. The average Bonchev–Trinajstić information content (AvgIpc) is 3.41. The van der Waals surface area contributed by atoms with Crippen LogP contribution in [0.3, 0.4) is 0 Å². The van der Waals surface area contributed by atoms with Crippen LogP contribution in [0.4, 0.5) is 5.69 Å². The highest BCUT2D eigenvalue weighted by atomic mass is 32.2. The first-order chi connectivity index (χ1) is 17.6. The number of hydrogen-bond acceptors (Lipinski definition) is 6. The van der Waals surface area contributed by atoms with Gasteiger partial charge >= 0.3 is 0 Å². The SMILES string of the molecule is Cc1ccccc1-c1nnc(-c2ccc(C(=O)Nc3ccc(CC(=O)N4CCSCC4)cc3)cc2)o1. The fourth-order valence-electron chi connectivity index (χ4n) is 4.03. The van der Waals surface area contributed by atoms with Crippen molar-refractivity contribution in [1.29, 1.82) is 0 Å². The number of rotatable bonds is 6. The third-order valence-corrected chi connectivity index (χ3v) is 7.07. The minimum atomic E-state index is -0.220. The van der Waals surface area contributed by atoms with Crippen LogP contribution in [-0.2, 0) is 11.2 Å². The summed E-state index contributed by atoms with van der Waals surface area (Å²) in [4.78, 5) is 27.1. The fourth-order valence-corrected chi connectivity index (χ4v) is 4.94. The van der Waals surface area contributed by atoms with E-state index in [1.807, 2.05) is 72.1 Å². The second kappa shape index (κ2) is 10.8. The van der Waals surface area contributed by atoms with Crippen LogP contribution in [-0.4, -0.2) is 51.5 Å². The molecule has 1 aliphatic rings. The third kappa shape index (κ3) is 5.49. The summed E-state index contributed by atoms with van der Waals surface area (Å²) in [6.45, 7) is 3.63. The van der Waals surface area contributed by atoms with Crippen LogP contribution in [0, 0.1) is 6.92 Å². The summed E-state index contributed by atoms with van der Waals surface area (Å²) in [5.74, 6) is 2.79. The molecule has 0 unspecified atom stereocenters. The van der Waals surface area contributed by atoms with Gasteiger partial charge in [0, 0.05) is 47.0 Å². The Morgan fingerprint density at radius 1 is 0.917 bits per heavy atom. The number of aryl methyl sites for hydroxylation is 1. The summed E-state index contributed by atoms with van der Waals surface area (Å²) in [6.07, 6.45) is 0.377. The van der Waals surface area contributed by atoms with Crippen LogP contribution < -0.4 is 5.32 Å². The van der Waals surface area contributed by atoms with Crippen molar-refractivity contribution >= 4 is 29.3 Å². The van der Waals surface area contributed by atoms with Crippen molar-refractivity contribution in [2.24, 2.45) is 0 Å². The van der Waals surface area contributed by atoms with Gasteiger partial charge in [-0.2, -0.15) is 11.8 Å². The molecule has 0 atom stereocenters. The number of benzene rings is 3. The molecule has 0 saturated carbocycles. The molecule has 0 radical (unpaired) electrons. The smallest absolute Gasteiger partial charge is 0.255 e. The fraction of sp³-hybridized carbons (Fsp3) is 0.214. The highest BCUT2D eigenvalue weighted by Gasteiger charge is 2.17. The monoisotopic (exact) mass is 498 g/mol. The van der Waals surface area contributed by atoms with Gasteiger partial charge in [-0.15, -0.1) is 10.2 Å². The van der Waals surface area contributed by atoms with E-state index in [9.17, 15) is 9.59 Å². The van der Waals surface area contributed by atoms with Crippen LogP contribution in [0.25, 0.3) is 22.9 Å². The molecule has 1 N–H and O–H groups in total. The highest BCUT2D eigenvalue weighted by Crippen LogP contribution is 2.26. The topological polar surface area (TPSA) is 88.3 Å². The van der Waals surface area contributed by atoms with Crippen LogP contribution in [0.2, 0.25) is 0 Å². The molecule has 1 aliphatic heterocycles. The molecule has 8 heteroatoms. The van der Waals surface area contributed by atoms with Gasteiger partial charge in [-0.25, -0.2) is 0 Å². The maximum atomic E-state index is 12.7. The number of carbonyl (C=O) groups excluding carboxylic acids is 2. The number of nitrogens with one attached hydrogen (secondary N) is 1. The van der Waals surface area contributed by atoms with Crippen LogP contribution in [0.1, 0.15) is 21.5 Å². The van der Waals surface area contributed by atoms with Crippen molar-refractivity contribution < 1.29 is 14.0 Å². The van der Waals surface area contributed by atoms with Crippen LogP contribution in [0.5, 0.6) is 0 Å². The Kier molecular flexibility index (Phi) is 7.13. The number of anilines is 1. The molecule has 0 spiro atoms. The number of amides is 2. The van der Waals surface area contributed by atoms with Crippen molar-refractivity contribution in [2.45, 2.75) is 13.3 Å². The zero-order chi connectivity index (χ0) is 24.9. The molecule has 0 aliphatic carbocycles. The van der Waals surface area contributed by atoms with E-state index in [1.165, 1.54) is 0 Å². The van der Waals surface area contributed by atoms with Gasteiger partial charge in [-0.05, 0) is 60.5 Å². The molecular weight excluding hydrogens is 472 g/mol. The molecule has 1 fully saturated rings. The summed E-state index contributed by atoms with van der Waals surface area (Å²) < 4.78 is 5.86. The zero-order valence-electron chi connectivity index (χ0n) is 19.9. The van der Waals surface area contributed by atoms with Gasteiger partial charge in [0.05, 0.1) is 6.42 Å². The van der Waals surface area contributed by atoms with E-state index in [2.05, 4.69) is 15.5 Å². The van der Waals surface area contributed by atoms with E-state index in [0.717, 1.165) is 46.8 Å². The molecule has 4 aromatic rings. The maximum absolute atomic E-state index is 12.7. The molecule has 1 aromatic heterocycles. The van der Waals surface area contributed by atoms with Gasteiger partial charge in [0.25, 0.3) is 5.91 Å². The predicted molar refractivity (Wildman–Crippen MR) is 142 cm³/mol. The summed E-state index contributed by atoms with van der Waals surface area (Å²) in [7, 11) is 0. The van der Waals surface area contributed by atoms with Gasteiger partial charge in [-0.3, -0.25) is 9.59 Å². The number of hydrogen-bond donors (Lipinski definition) is 1. The molecular formula is C28H26N4O3S. The van der Waals surface area contributed by atoms with E-state index < -0.39 is 0 Å². The molecule has 36 heavy (non-hydrogen) atoms. The summed E-state index contributed by atoms with van der Waals surface area (Å²) in [6, 6.07) is 22.3. The second-order valence-electron chi connectivity index (χ2n) is 8.63. The first-order valence-electron chi connectivity index (χ1n) is 11.8. The lowest BCUT2D eigenvalue weighted by Crippen LogP contribution is -2.38. The lowest BCUT2D eigenvalue weighted by molar-refractivity contribution is -0.130. The predicted octanol–water partition coefficient (Wildman–Crippen LogP) is 5.08. The Hall–Kier alpha value is -3.91. The van der Waals surface area contributed by atoms with E-state index in [-0.39, 0.29) is 11.8 Å². The quantitative estimate of drug-likeness (QED) is 0.399. The number of nitrogens with zero attached hydrogens (tertiary/aromatic N) is 3. The zero-order valence-corrected chi connectivity index (χ0v) is 20.8. The lowest BCUT2D eigenvalue weighted by Gasteiger charge is -2.26. The average molecular weight is 499 g/mol. The molecule has 1 saturated heterocycles. The minimum Gasteiger partial charge on any atom is -0.416 e. The molecule has 2 heterocycles. The molecule has 7 nitrogen and oxygen atoms in total. The van der Waals surface area contributed by atoms with Gasteiger partial charge in [0.15, 0.2) is 0 Å². The first kappa shape index (κ1) is 23.8. The van der Waals surface area contributed by atoms with Gasteiger partial charge < -0.3 is 14.6 Å². The van der Waals surface area contributed by atoms with Gasteiger partial charge in [-0.1, -0.05) is 30.3 Å². The second-order valence-corrected chi connectivity index (χ2v) is 9.85. The molecule has 3 aromatic carbocycles. The number of carbonyl (C=O) groups is 2. The van der Waals surface area contributed by atoms with Crippen molar-refractivity contribution in [3.8, 4) is 22.9 Å². The Labute approximate surface area is 213 Å². The van der Waals surface area contributed by atoms with Gasteiger partial charge in [0.1, 0.15) is 0 Å². The van der Waals surface area contributed by atoms with Crippen molar-refractivity contribution in [3.05, 3.63) is 89.5 Å². The molecule has 2 amide bonds. The Morgan fingerprint density at radius 2 is 1.61 bits per heavy atom. The highest BCUT2D eigenvalue weighted by molar-refractivity contribution is 7.99. The Balaban J connectivity index is 1.20. The van der Waals surface area contributed by atoms with E-state index >= 15 is 0 Å². The standard InChI is InChI=1S/C28H26N4O3S/c1-19-4-2-3-5-24(19)28-31-30-27(35-28)22-10-8-21(9-11-22)26(34)29-23-12-6-20(7-13-23)18-25(33)32-14-16-36-17-15-32/h2-13H,14-18H2,1H3,(H,29,34). The van der Waals surface area contributed by atoms with E-state index in [0.29, 0.717) is 29.5 Å². The minimum absolute atomic E-state index is 0.152. The van der Waals surface area contributed by atoms with Crippen molar-refractivity contribution in [1.82, 2.24) is 15.1 Å². The number of aromatic nitrogens is 2. The van der Waals surface area contributed by atoms with Crippen LogP contribution in [0.15, 0.2) is 77.2 Å². The van der Waals surface area contributed by atoms with Crippen molar-refractivity contribution in [3.63, 3.8) is 0 Å². The molecule has 0 bridgehead atoms. The summed E-state index contributed by atoms with van der Waals surface area (Å²) in [5.41, 5.74) is 4.81. The lowest BCUT2D eigenvalue weighted by atomic mass is 10.1. The Morgan fingerprint density at radius 3 is 2.33 bits per heavy atom. The first-order valence-corrected chi connectivity index (χ1v) is 13.0. The summed E-state index contributed by atoms with van der Waals surface area (Å²) >= 11 is 1.88. The third-order valence-electron chi connectivity index (χ3n) is 6.13. The van der Waals surface area contributed by atoms with Crippen molar-refractivity contribution in [2.75, 3.05) is 29.9 Å². The maximum Gasteiger partial charge on any atom is 0.255 e. The van der Waals surface area contributed by atoms with Gasteiger partial charge in [0.2, 0.25) is 17.7 Å². The number of thioether (sulfide) groups is 1. The normalized spacial score (nSPS) is 13.4. The van der Waals surface area contributed by atoms with E-state index in [4.69, 9.17) is 4.42 Å². The van der Waals surface area contributed by atoms with Crippen LogP contribution >= 0.6 is 11.8 Å². The summed E-state index contributed by atoms with van der Waals surface area (Å²) in [5, 5.41) is 11.2. The largest absolute Gasteiger partial charge is 0.416 e. The van der Waals surface area contributed by atoms with E-state index in [1.54, 1.807) is 24.3 Å². The molecule has 5 rings (SSSR count). The molecule has 182 valence electrons.